The van der Waals surface area contributed by atoms with Gasteiger partial charge in [0.15, 0.2) is 5.84 Å². The highest BCUT2D eigenvalue weighted by Gasteiger charge is 2.10. The molecule has 0 spiro atoms. The predicted octanol–water partition coefficient (Wildman–Crippen LogP) is 3.71. The molecule has 5 heteroatoms. The van der Waals surface area contributed by atoms with Gasteiger partial charge in [0.2, 0.25) is 5.88 Å². The van der Waals surface area contributed by atoms with Crippen molar-refractivity contribution in [3.05, 3.63) is 90.1 Å². The van der Waals surface area contributed by atoms with Crippen molar-refractivity contribution in [1.82, 2.24) is 4.98 Å². The zero-order valence-electron chi connectivity index (χ0n) is 13.0. The third-order valence-electron chi connectivity index (χ3n) is 3.24. The van der Waals surface area contributed by atoms with Crippen LogP contribution in [0, 0.1) is 0 Å². The Morgan fingerprint density at radius 3 is 2.38 bits per heavy atom. The van der Waals surface area contributed by atoms with Gasteiger partial charge in [0.05, 0.1) is 5.56 Å². The lowest BCUT2D eigenvalue weighted by molar-refractivity contribution is 0.130. The van der Waals surface area contributed by atoms with Crippen molar-refractivity contribution < 1.29 is 9.57 Å². The first-order chi connectivity index (χ1) is 11.8. The Morgan fingerprint density at radius 2 is 1.62 bits per heavy atom. The minimum absolute atomic E-state index is 0.213. The average molecular weight is 319 g/mol. The van der Waals surface area contributed by atoms with E-state index in [0.29, 0.717) is 23.8 Å². The standard InChI is InChI=1S/C19H17N3O2/c20-18(22-23-14-15-8-3-1-4-9-15)17-12-7-13-21-19(17)24-16-10-5-2-6-11-16/h1-13H,14H2,(H2,20,22). The first-order valence-corrected chi connectivity index (χ1v) is 7.50. The largest absolute Gasteiger partial charge is 0.438 e. The van der Waals surface area contributed by atoms with Gasteiger partial charge in [0.1, 0.15) is 12.4 Å². The fourth-order valence-corrected chi connectivity index (χ4v) is 2.07. The number of benzene rings is 2. The van der Waals surface area contributed by atoms with Gasteiger partial charge >= 0.3 is 0 Å². The maximum Gasteiger partial charge on any atom is 0.230 e. The summed E-state index contributed by atoms with van der Waals surface area (Å²) in [6, 6.07) is 22.7. The number of nitrogens with zero attached hydrogens (tertiary/aromatic N) is 2. The smallest absolute Gasteiger partial charge is 0.230 e. The van der Waals surface area contributed by atoms with E-state index in [1.807, 2.05) is 60.7 Å². The van der Waals surface area contributed by atoms with Gasteiger partial charge < -0.3 is 15.3 Å². The maximum absolute atomic E-state index is 6.02. The third-order valence-corrected chi connectivity index (χ3v) is 3.24. The summed E-state index contributed by atoms with van der Waals surface area (Å²) in [5.74, 6) is 1.27. The molecule has 3 aromatic rings. The minimum Gasteiger partial charge on any atom is -0.438 e. The van der Waals surface area contributed by atoms with E-state index in [2.05, 4.69) is 10.1 Å². The first-order valence-electron chi connectivity index (χ1n) is 7.50. The Hall–Kier alpha value is -3.34. The predicted molar refractivity (Wildman–Crippen MR) is 92.7 cm³/mol. The Bertz CT molecular complexity index is 805. The van der Waals surface area contributed by atoms with Crippen LogP contribution in [0.2, 0.25) is 0 Å². The molecule has 0 atom stereocenters. The Balaban J connectivity index is 1.72. The summed E-state index contributed by atoms with van der Waals surface area (Å²) in [5.41, 5.74) is 7.61. The molecule has 5 nitrogen and oxygen atoms in total. The van der Waals surface area contributed by atoms with Crippen LogP contribution in [0.5, 0.6) is 11.6 Å². The van der Waals surface area contributed by atoms with E-state index in [4.69, 9.17) is 15.3 Å². The Labute approximate surface area is 140 Å². The molecule has 0 aliphatic rings. The van der Waals surface area contributed by atoms with Crippen LogP contribution in [-0.2, 0) is 11.4 Å². The highest BCUT2D eigenvalue weighted by atomic mass is 16.6. The summed E-state index contributed by atoms with van der Waals surface area (Å²) in [6.07, 6.45) is 1.64. The molecule has 1 heterocycles. The number of amidine groups is 1. The molecule has 0 saturated carbocycles. The summed E-state index contributed by atoms with van der Waals surface area (Å²) >= 11 is 0. The van der Waals surface area contributed by atoms with Crippen LogP contribution in [0.1, 0.15) is 11.1 Å². The van der Waals surface area contributed by atoms with E-state index < -0.39 is 0 Å². The van der Waals surface area contributed by atoms with Gasteiger partial charge in [-0.1, -0.05) is 53.7 Å². The SMILES string of the molecule is N/C(=N/OCc1ccccc1)c1cccnc1Oc1ccccc1. The fraction of sp³-hybridized carbons (Fsp3) is 0.0526. The van der Waals surface area contributed by atoms with Crippen molar-refractivity contribution in [2.45, 2.75) is 6.61 Å². The molecule has 120 valence electrons. The second kappa shape index (κ2) is 7.78. The van der Waals surface area contributed by atoms with E-state index >= 15 is 0 Å². The second-order valence-electron chi connectivity index (χ2n) is 5.01. The molecule has 2 N–H and O–H groups in total. The van der Waals surface area contributed by atoms with Crippen molar-refractivity contribution >= 4 is 5.84 Å². The molecular formula is C19H17N3O2. The number of ether oxygens (including phenoxy) is 1. The van der Waals surface area contributed by atoms with Crippen molar-refractivity contribution in [3.63, 3.8) is 0 Å². The number of hydrogen-bond acceptors (Lipinski definition) is 4. The second-order valence-corrected chi connectivity index (χ2v) is 5.01. The Kier molecular flexibility index (Phi) is 5.04. The number of hydrogen-bond donors (Lipinski definition) is 1. The molecule has 0 radical (unpaired) electrons. The van der Waals surface area contributed by atoms with Gasteiger partial charge in [0, 0.05) is 6.20 Å². The minimum atomic E-state index is 0.213. The quantitative estimate of drug-likeness (QED) is 0.427. The van der Waals surface area contributed by atoms with Crippen LogP contribution in [0.25, 0.3) is 0 Å². The van der Waals surface area contributed by atoms with E-state index in [0.717, 1.165) is 5.56 Å². The van der Waals surface area contributed by atoms with Crippen molar-refractivity contribution in [1.29, 1.82) is 0 Å². The van der Waals surface area contributed by atoms with Crippen LogP contribution >= 0.6 is 0 Å². The van der Waals surface area contributed by atoms with Crippen molar-refractivity contribution in [2.24, 2.45) is 10.9 Å². The molecule has 24 heavy (non-hydrogen) atoms. The van der Waals surface area contributed by atoms with Crippen LogP contribution in [0.15, 0.2) is 84.1 Å². The van der Waals surface area contributed by atoms with E-state index in [1.165, 1.54) is 0 Å². The summed E-state index contributed by atoms with van der Waals surface area (Å²) in [4.78, 5) is 9.54. The summed E-state index contributed by atoms with van der Waals surface area (Å²) < 4.78 is 5.77. The average Bonchev–Trinajstić information content (AvgIpc) is 2.64. The molecule has 0 fully saturated rings. The van der Waals surface area contributed by atoms with Crippen LogP contribution in [-0.4, -0.2) is 10.8 Å². The lowest BCUT2D eigenvalue weighted by atomic mass is 10.2. The van der Waals surface area contributed by atoms with Crippen molar-refractivity contribution in [3.8, 4) is 11.6 Å². The van der Waals surface area contributed by atoms with Crippen LogP contribution in [0.3, 0.4) is 0 Å². The summed E-state index contributed by atoms with van der Waals surface area (Å²) in [7, 11) is 0. The number of rotatable bonds is 6. The van der Waals surface area contributed by atoms with E-state index in [9.17, 15) is 0 Å². The molecule has 0 amide bonds. The maximum atomic E-state index is 6.02. The zero-order valence-corrected chi connectivity index (χ0v) is 13.0. The fourth-order valence-electron chi connectivity index (χ4n) is 2.07. The first kappa shape index (κ1) is 15.6. The number of oxime groups is 1. The third kappa shape index (κ3) is 4.10. The van der Waals surface area contributed by atoms with E-state index in [1.54, 1.807) is 18.3 Å². The highest BCUT2D eigenvalue weighted by Crippen LogP contribution is 2.22. The van der Waals surface area contributed by atoms with Crippen molar-refractivity contribution in [2.75, 3.05) is 0 Å². The number of pyridine rings is 1. The Morgan fingerprint density at radius 1 is 0.917 bits per heavy atom. The molecule has 0 bridgehead atoms. The topological polar surface area (TPSA) is 69.7 Å². The van der Waals surface area contributed by atoms with Gasteiger partial charge in [-0.05, 0) is 29.8 Å². The molecule has 0 aliphatic carbocycles. The number of nitrogens with two attached hydrogens (primary N) is 1. The lowest BCUT2D eigenvalue weighted by Crippen LogP contribution is -2.15. The number of aromatic nitrogens is 1. The molecule has 0 saturated heterocycles. The van der Waals surface area contributed by atoms with E-state index in [-0.39, 0.29) is 5.84 Å². The van der Waals surface area contributed by atoms with Crippen LogP contribution in [0.4, 0.5) is 0 Å². The van der Waals surface area contributed by atoms with Gasteiger partial charge in [-0.2, -0.15) is 0 Å². The molecule has 1 aromatic heterocycles. The lowest BCUT2D eigenvalue weighted by Gasteiger charge is -2.09. The van der Waals surface area contributed by atoms with Crippen LogP contribution < -0.4 is 10.5 Å². The summed E-state index contributed by atoms with van der Waals surface area (Å²) in [6.45, 7) is 0.344. The number of para-hydroxylation sites is 1. The normalized spacial score (nSPS) is 11.1. The van der Waals surface area contributed by atoms with Gasteiger partial charge in [0.25, 0.3) is 0 Å². The van der Waals surface area contributed by atoms with Gasteiger partial charge in [-0.15, -0.1) is 0 Å². The zero-order chi connectivity index (χ0) is 16.6. The molecule has 2 aromatic carbocycles. The monoisotopic (exact) mass is 319 g/mol. The highest BCUT2D eigenvalue weighted by molar-refractivity contribution is 5.99. The molecular weight excluding hydrogens is 302 g/mol. The van der Waals surface area contributed by atoms with Gasteiger partial charge in [-0.25, -0.2) is 4.98 Å². The summed E-state index contributed by atoms with van der Waals surface area (Å²) in [5, 5.41) is 3.97. The van der Waals surface area contributed by atoms with Gasteiger partial charge in [-0.3, -0.25) is 0 Å². The molecule has 0 unspecified atom stereocenters. The molecule has 0 aliphatic heterocycles. The molecule has 3 rings (SSSR count).